The highest BCUT2D eigenvalue weighted by Gasteiger charge is 2.37. The Morgan fingerprint density at radius 3 is 2.23 bits per heavy atom. The van der Waals surface area contributed by atoms with Crippen LogP contribution in [-0.2, 0) is 25.2 Å². The first-order valence-electron chi connectivity index (χ1n) is 17.7. The molecule has 0 saturated carbocycles. The van der Waals surface area contributed by atoms with Gasteiger partial charge in [-0.05, 0) is 82.5 Å². The number of halogens is 1. The molecule has 0 fully saturated rings. The van der Waals surface area contributed by atoms with Gasteiger partial charge in [0, 0.05) is 23.1 Å². The van der Waals surface area contributed by atoms with Crippen LogP contribution in [0.15, 0.2) is 71.9 Å². The third-order valence-corrected chi connectivity index (χ3v) is 10.9. The maximum absolute atomic E-state index is 13.7. The molecule has 2 amide bonds. The van der Waals surface area contributed by atoms with E-state index in [4.69, 9.17) is 16.3 Å². The van der Waals surface area contributed by atoms with Crippen LogP contribution in [0.4, 0.5) is 11.4 Å². The number of benzene rings is 3. The van der Waals surface area contributed by atoms with Gasteiger partial charge in [0.1, 0.15) is 5.75 Å². The third-order valence-electron chi connectivity index (χ3n) is 9.45. The monoisotopic (exact) mass is 746 g/mol. The number of hydrogen-bond donors (Lipinski definition) is 2. The Kier molecular flexibility index (Phi) is 13.3. The Morgan fingerprint density at radius 1 is 0.885 bits per heavy atom. The molecule has 12 heteroatoms. The zero-order chi connectivity index (χ0) is 38.3. The van der Waals surface area contributed by atoms with Crippen LogP contribution in [0, 0.1) is 5.41 Å². The van der Waals surface area contributed by atoms with Crippen molar-refractivity contribution in [2.75, 3.05) is 17.2 Å². The van der Waals surface area contributed by atoms with E-state index in [1.165, 1.54) is 15.8 Å². The summed E-state index contributed by atoms with van der Waals surface area (Å²) in [5.74, 6) is -0.265. The third kappa shape index (κ3) is 10.2. The van der Waals surface area contributed by atoms with Gasteiger partial charge in [0.15, 0.2) is 11.0 Å². The second-order valence-corrected chi connectivity index (χ2v) is 16.7. The lowest BCUT2D eigenvalue weighted by Crippen LogP contribution is -2.39. The number of ether oxygens (including phenoxy) is 1. The molecule has 278 valence electrons. The van der Waals surface area contributed by atoms with E-state index < -0.39 is 16.6 Å². The molecule has 0 aliphatic heterocycles. The normalized spacial score (nSPS) is 12.7. The molecule has 1 unspecified atom stereocenters. The van der Waals surface area contributed by atoms with Crippen molar-refractivity contribution in [1.82, 2.24) is 20.2 Å². The molecule has 52 heavy (non-hydrogen) atoms. The van der Waals surface area contributed by atoms with Gasteiger partial charge in [-0.3, -0.25) is 14.4 Å². The minimum absolute atomic E-state index is 0.0619. The van der Waals surface area contributed by atoms with E-state index in [1.807, 2.05) is 30.3 Å². The average Bonchev–Trinajstić information content (AvgIpc) is 3.58. The zero-order valence-electron chi connectivity index (χ0n) is 31.7. The number of aromatic nitrogens is 4. The molecular weight excluding hydrogens is 696 g/mol. The topological polar surface area (TPSA) is 128 Å². The van der Waals surface area contributed by atoms with Gasteiger partial charge < -0.3 is 15.4 Å². The number of thioether (sulfide) groups is 1. The second-order valence-electron chi connectivity index (χ2n) is 15.2. The number of nitrogens with zero attached hydrogens (tertiary/aromatic N) is 4. The Bertz CT molecular complexity index is 1870. The van der Waals surface area contributed by atoms with Crippen molar-refractivity contribution in [1.29, 1.82) is 0 Å². The van der Waals surface area contributed by atoms with Crippen molar-refractivity contribution in [3.8, 4) is 11.4 Å². The van der Waals surface area contributed by atoms with Crippen LogP contribution in [0.25, 0.3) is 5.69 Å². The minimum Gasteiger partial charge on any atom is -0.493 e. The molecule has 3 aromatic carbocycles. The van der Waals surface area contributed by atoms with Crippen LogP contribution >= 0.6 is 23.4 Å². The van der Waals surface area contributed by atoms with Crippen LogP contribution in [0.2, 0.25) is 5.02 Å². The van der Waals surface area contributed by atoms with Gasteiger partial charge in [0.2, 0.25) is 17.0 Å². The van der Waals surface area contributed by atoms with Gasteiger partial charge in [-0.2, -0.15) is 4.68 Å². The highest BCUT2D eigenvalue weighted by Crippen LogP contribution is 2.39. The summed E-state index contributed by atoms with van der Waals surface area (Å²) in [5, 5.41) is 16.9. The number of tetrazole rings is 1. The largest absolute Gasteiger partial charge is 0.493 e. The minimum atomic E-state index is -1.19. The summed E-state index contributed by atoms with van der Waals surface area (Å²) in [5.41, 5.74) is 3.01. The van der Waals surface area contributed by atoms with E-state index >= 15 is 0 Å². The van der Waals surface area contributed by atoms with Crippen LogP contribution < -0.4 is 15.4 Å². The number of carbonyl (C=O) groups excluding carboxylic acids is 3. The number of ketones is 1. The van der Waals surface area contributed by atoms with Crippen molar-refractivity contribution in [2.24, 2.45) is 5.41 Å². The number of hydrogen-bond acceptors (Lipinski definition) is 8. The quantitative estimate of drug-likeness (QED) is 0.0660. The standard InChI is InChI=1S/C40H51ClN6O4S/c1-10-39(6,7)26-19-22-32(29(24-26)40(8,9)11-2)51-23-15-18-33(48)42-27-20-21-30(41)31(25-27)43-36(50)34(35(49)38(3,4)5)52-37-44-45-46-47(37)28-16-13-12-14-17-28/h12-14,16-17,19-22,24-25,34H,10-11,15,18,23H2,1-9H3,(H,42,48)(H,43,50). The highest BCUT2D eigenvalue weighted by molar-refractivity contribution is 8.01. The van der Waals surface area contributed by atoms with E-state index in [-0.39, 0.29) is 44.8 Å². The molecule has 4 aromatic rings. The lowest BCUT2D eigenvalue weighted by molar-refractivity contribution is -0.130. The maximum atomic E-state index is 13.7. The van der Waals surface area contributed by atoms with Gasteiger partial charge in [-0.25, -0.2) is 0 Å². The SMILES string of the molecule is CCC(C)(C)c1ccc(OCCCC(=O)Nc2ccc(Cl)c(NC(=O)C(Sc3nnnn3-c3ccccc3)C(=O)C(C)(C)C)c2)c(C(C)(C)CC)c1. The average molecular weight is 747 g/mol. The predicted molar refractivity (Wildman–Crippen MR) is 210 cm³/mol. The summed E-state index contributed by atoms with van der Waals surface area (Å²) in [6, 6.07) is 20.5. The van der Waals surface area contributed by atoms with E-state index in [0.29, 0.717) is 24.4 Å². The molecule has 0 radical (unpaired) electrons. The van der Waals surface area contributed by atoms with E-state index in [9.17, 15) is 14.4 Å². The Morgan fingerprint density at radius 2 is 1.58 bits per heavy atom. The van der Waals surface area contributed by atoms with E-state index in [2.05, 4.69) is 85.9 Å². The lowest BCUT2D eigenvalue weighted by atomic mass is 9.76. The molecule has 0 aliphatic rings. The van der Waals surface area contributed by atoms with Crippen molar-refractivity contribution >= 4 is 52.3 Å². The molecule has 0 spiro atoms. The van der Waals surface area contributed by atoms with Gasteiger partial charge >= 0.3 is 0 Å². The first-order chi connectivity index (χ1) is 24.5. The first-order valence-corrected chi connectivity index (χ1v) is 19.0. The van der Waals surface area contributed by atoms with Crippen molar-refractivity contribution in [2.45, 2.75) is 109 Å². The van der Waals surface area contributed by atoms with Gasteiger partial charge in [-0.15, -0.1) is 5.10 Å². The summed E-state index contributed by atoms with van der Waals surface area (Å²) < 4.78 is 7.73. The number of nitrogens with one attached hydrogen (secondary N) is 2. The van der Waals surface area contributed by atoms with Gasteiger partial charge in [0.05, 0.1) is 23.0 Å². The van der Waals surface area contributed by atoms with Crippen LogP contribution in [0.1, 0.15) is 99.1 Å². The zero-order valence-corrected chi connectivity index (χ0v) is 33.2. The maximum Gasteiger partial charge on any atom is 0.245 e. The fourth-order valence-corrected chi connectivity index (χ4v) is 6.57. The summed E-state index contributed by atoms with van der Waals surface area (Å²) in [6.07, 6.45) is 2.73. The Hall–Kier alpha value is -4.22. The predicted octanol–water partition coefficient (Wildman–Crippen LogP) is 9.20. The van der Waals surface area contributed by atoms with Crippen molar-refractivity contribution in [3.63, 3.8) is 0 Å². The summed E-state index contributed by atoms with van der Waals surface area (Å²) in [6.45, 7) is 19.0. The Balaban J connectivity index is 1.41. The van der Waals surface area contributed by atoms with Crippen LogP contribution in [0.5, 0.6) is 5.75 Å². The lowest BCUT2D eigenvalue weighted by Gasteiger charge is -2.30. The molecule has 1 aromatic heterocycles. The summed E-state index contributed by atoms with van der Waals surface area (Å²) in [7, 11) is 0. The number of para-hydroxylation sites is 1. The number of carbonyl (C=O) groups is 3. The smallest absolute Gasteiger partial charge is 0.245 e. The van der Waals surface area contributed by atoms with E-state index in [1.54, 1.807) is 39.0 Å². The number of Topliss-reactive ketones (excluding diaryl/α,β-unsaturated/α-hetero) is 1. The molecule has 10 nitrogen and oxygen atoms in total. The first kappa shape index (κ1) is 40.5. The van der Waals surface area contributed by atoms with Crippen molar-refractivity contribution < 1.29 is 19.1 Å². The molecule has 1 atom stereocenters. The van der Waals surface area contributed by atoms with Crippen LogP contribution in [0.3, 0.4) is 0 Å². The molecule has 4 rings (SSSR count). The molecule has 0 bridgehead atoms. The van der Waals surface area contributed by atoms with E-state index in [0.717, 1.165) is 30.4 Å². The molecule has 2 N–H and O–H groups in total. The fourth-order valence-electron chi connectivity index (χ4n) is 5.24. The Labute approximate surface area is 316 Å². The molecule has 0 aliphatic carbocycles. The fraction of sp³-hybridized carbons (Fsp3) is 0.450. The second kappa shape index (κ2) is 17.1. The highest BCUT2D eigenvalue weighted by atomic mass is 35.5. The van der Waals surface area contributed by atoms with Crippen LogP contribution in [-0.4, -0.2) is 49.7 Å². The molecule has 0 saturated heterocycles. The summed E-state index contributed by atoms with van der Waals surface area (Å²) >= 11 is 7.44. The van der Waals surface area contributed by atoms with Gasteiger partial charge in [-0.1, -0.05) is 116 Å². The number of amides is 2. The molecular formula is C40H51ClN6O4S. The molecule has 1 heterocycles. The van der Waals surface area contributed by atoms with Crippen molar-refractivity contribution in [3.05, 3.63) is 82.9 Å². The summed E-state index contributed by atoms with van der Waals surface area (Å²) in [4.78, 5) is 40.3. The van der Waals surface area contributed by atoms with Gasteiger partial charge in [0.25, 0.3) is 0 Å². The number of rotatable bonds is 16. The number of anilines is 2.